The predicted molar refractivity (Wildman–Crippen MR) is 133 cm³/mol. The van der Waals surface area contributed by atoms with Gasteiger partial charge in [0.05, 0.1) is 6.10 Å². The van der Waals surface area contributed by atoms with Crippen molar-refractivity contribution in [2.24, 2.45) is 0 Å². The van der Waals surface area contributed by atoms with Crippen LogP contribution in [-0.4, -0.2) is 27.5 Å². The molecule has 180 valence electrons. The lowest BCUT2D eigenvalue weighted by Crippen LogP contribution is -2.06. The molecule has 4 rings (SSSR count). The Morgan fingerprint density at radius 3 is 1.97 bits per heavy atom. The lowest BCUT2D eigenvalue weighted by Gasteiger charge is -2.18. The number of hydrogen-bond acceptors (Lipinski definition) is 6. The summed E-state index contributed by atoms with van der Waals surface area (Å²) >= 11 is 0. The third kappa shape index (κ3) is 6.25. The molecular formula is C29H28O6. The van der Waals surface area contributed by atoms with Crippen molar-refractivity contribution in [3.63, 3.8) is 0 Å². The van der Waals surface area contributed by atoms with Crippen molar-refractivity contribution in [3.05, 3.63) is 107 Å². The molecule has 0 heterocycles. The van der Waals surface area contributed by atoms with Gasteiger partial charge in [-0.05, 0) is 83.6 Å². The molecule has 0 aliphatic heterocycles. The van der Waals surface area contributed by atoms with Crippen LogP contribution < -0.4 is 4.74 Å². The van der Waals surface area contributed by atoms with Crippen LogP contribution in [0.1, 0.15) is 28.4 Å². The Labute approximate surface area is 204 Å². The Morgan fingerprint density at radius 1 is 0.686 bits per heavy atom. The highest BCUT2D eigenvalue weighted by molar-refractivity contribution is 5.54. The van der Waals surface area contributed by atoms with E-state index < -0.39 is 6.10 Å². The van der Waals surface area contributed by atoms with Crippen LogP contribution in [0.5, 0.6) is 34.5 Å². The van der Waals surface area contributed by atoms with E-state index in [2.05, 4.69) is 0 Å². The standard InChI is InChI=1S/C29H28O6/c1-34-27(16-21-5-3-7-24(31)15-21)22-17-26(32)29(33)28(18-22)35-25-12-10-19(11-13-25)8-9-20-4-2-6-23(30)14-20/h2-7,10-15,17-18,27,30-33H,8-9,16H2,1H3. The molecule has 6 heteroatoms. The number of rotatable bonds is 9. The van der Waals surface area contributed by atoms with Crippen LogP contribution in [0.15, 0.2) is 84.9 Å². The van der Waals surface area contributed by atoms with Gasteiger partial charge in [0.15, 0.2) is 11.5 Å². The van der Waals surface area contributed by atoms with E-state index in [-0.39, 0.29) is 28.7 Å². The van der Waals surface area contributed by atoms with E-state index >= 15 is 0 Å². The van der Waals surface area contributed by atoms with Crippen molar-refractivity contribution >= 4 is 0 Å². The van der Waals surface area contributed by atoms with Gasteiger partial charge in [-0.15, -0.1) is 0 Å². The van der Waals surface area contributed by atoms with E-state index in [1.165, 1.54) is 6.07 Å². The predicted octanol–water partition coefficient (Wildman–Crippen LogP) is 6.02. The number of phenolic OH excluding ortho intramolecular Hbond substituents is 4. The molecule has 0 saturated carbocycles. The van der Waals surface area contributed by atoms with Crippen molar-refractivity contribution in [1.29, 1.82) is 0 Å². The van der Waals surface area contributed by atoms with Crippen LogP contribution in [0.25, 0.3) is 0 Å². The number of phenols is 4. The Kier molecular flexibility index (Phi) is 7.43. The quantitative estimate of drug-likeness (QED) is 0.223. The van der Waals surface area contributed by atoms with Crippen LogP contribution in [-0.2, 0) is 24.0 Å². The molecule has 6 nitrogen and oxygen atoms in total. The summed E-state index contributed by atoms with van der Waals surface area (Å²) < 4.78 is 11.5. The molecule has 4 N–H and O–H groups in total. The van der Waals surface area contributed by atoms with Crippen molar-refractivity contribution in [3.8, 4) is 34.5 Å². The van der Waals surface area contributed by atoms with Gasteiger partial charge < -0.3 is 29.9 Å². The van der Waals surface area contributed by atoms with E-state index in [4.69, 9.17) is 9.47 Å². The van der Waals surface area contributed by atoms with Gasteiger partial charge in [0, 0.05) is 13.5 Å². The first-order valence-corrected chi connectivity index (χ1v) is 11.3. The number of methoxy groups -OCH3 is 1. The average Bonchev–Trinajstić information content (AvgIpc) is 2.85. The first kappa shape index (κ1) is 24.0. The Morgan fingerprint density at radius 2 is 1.31 bits per heavy atom. The van der Waals surface area contributed by atoms with Gasteiger partial charge in [-0.2, -0.15) is 0 Å². The molecule has 0 amide bonds. The number of benzene rings is 4. The molecule has 0 aromatic heterocycles. The lowest BCUT2D eigenvalue weighted by atomic mass is 10.00. The fourth-order valence-corrected chi connectivity index (χ4v) is 3.96. The normalized spacial score (nSPS) is 11.8. The maximum Gasteiger partial charge on any atom is 0.201 e. The fourth-order valence-electron chi connectivity index (χ4n) is 3.96. The molecule has 0 aliphatic rings. The van der Waals surface area contributed by atoms with Gasteiger partial charge in [-0.25, -0.2) is 0 Å². The summed E-state index contributed by atoms with van der Waals surface area (Å²) in [6, 6.07) is 24.7. The zero-order valence-electron chi connectivity index (χ0n) is 19.4. The second-order valence-corrected chi connectivity index (χ2v) is 8.40. The molecule has 0 spiro atoms. The van der Waals surface area contributed by atoms with Crippen molar-refractivity contribution in [2.45, 2.75) is 25.4 Å². The van der Waals surface area contributed by atoms with Gasteiger partial charge in [0.25, 0.3) is 0 Å². The summed E-state index contributed by atoms with van der Waals surface area (Å²) in [5.41, 5.74) is 3.66. The van der Waals surface area contributed by atoms with E-state index in [0.29, 0.717) is 17.7 Å². The minimum atomic E-state index is -0.426. The Balaban J connectivity index is 1.47. The zero-order valence-corrected chi connectivity index (χ0v) is 19.4. The zero-order chi connectivity index (χ0) is 24.8. The maximum absolute atomic E-state index is 10.4. The summed E-state index contributed by atoms with van der Waals surface area (Å²) in [5, 5.41) is 40.0. The fraction of sp³-hybridized carbons (Fsp3) is 0.172. The van der Waals surface area contributed by atoms with Crippen molar-refractivity contribution in [1.82, 2.24) is 0 Å². The monoisotopic (exact) mass is 472 g/mol. The summed E-state index contributed by atoms with van der Waals surface area (Å²) in [6.07, 6.45) is 1.63. The van der Waals surface area contributed by atoms with Crippen molar-refractivity contribution < 1.29 is 29.9 Å². The number of hydrogen-bond donors (Lipinski definition) is 4. The maximum atomic E-state index is 10.4. The van der Waals surface area contributed by atoms with Crippen LogP contribution in [0.2, 0.25) is 0 Å². The number of aryl methyl sites for hydroxylation is 2. The van der Waals surface area contributed by atoms with Crippen LogP contribution in [0.3, 0.4) is 0 Å². The minimum Gasteiger partial charge on any atom is -0.508 e. The first-order chi connectivity index (χ1) is 16.9. The first-order valence-electron chi connectivity index (χ1n) is 11.3. The Bertz CT molecular complexity index is 1280. The molecule has 0 bridgehead atoms. The summed E-state index contributed by atoms with van der Waals surface area (Å²) in [4.78, 5) is 0. The summed E-state index contributed by atoms with van der Waals surface area (Å²) in [5.74, 6) is 0.395. The highest BCUT2D eigenvalue weighted by Crippen LogP contribution is 2.41. The smallest absolute Gasteiger partial charge is 0.201 e. The molecule has 1 unspecified atom stereocenters. The highest BCUT2D eigenvalue weighted by atomic mass is 16.5. The lowest BCUT2D eigenvalue weighted by molar-refractivity contribution is 0.103. The molecule has 4 aromatic carbocycles. The van der Waals surface area contributed by atoms with E-state index in [1.807, 2.05) is 42.5 Å². The third-order valence-corrected chi connectivity index (χ3v) is 5.83. The number of ether oxygens (including phenoxy) is 2. The molecule has 0 fully saturated rings. The van der Waals surface area contributed by atoms with Gasteiger partial charge in [-0.3, -0.25) is 0 Å². The van der Waals surface area contributed by atoms with Crippen LogP contribution in [0, 0.1) is 0 Å². The molecule has 0 radical (unpaired) electrons. The summed E-state index contributed by atoms with van der Waals surface area (Å²) in [7, 11) is 1.56. The molecule has 0 saturated heterocycles. The van der Waals surface area contributed by atoms with Gasteiger partial charge >= 0.3 is 0 Å². The number of aromatic hydroxyl groups is 4. The second-order valence-electron chi connectivity index (χ2n) is 8.40. The average molecular weight is 473 g/mol. The van der Waals surface area contributed by atoms with E-state index in [0.717, 1.165) is 29.5 Å². The van der Waals surface area contributed by atoms with E-state index in [9.17, 15) is 20.4 Å². The summed E-state index contributed by atoms with van der Waals surface area (Å²) in [6.45, 7) is 0. The van der Waals surface area contributed by atoms with Gasteiger partial charge in [0.1, 0.15) is 17.2 Å². The Hall–Kier alpha value is -4.16. The topological polar surface area (TPSA) is 99.4 Å². The third-order valence-electron chi connectivity index (χ3n) is 5.83. The molecule has 35 heavy (non-hydrogen) atoms. The SMILES string of the molecule is COC(Cc1cccc(O)c1)c1cc(O)c(O)c(Oc2ccc(CCc3cccc(O)c3)cc2)c1. The molecule has 0 aliphatic carbocycles. The minimum absolute atomic E-state index is 0.116. The van der Waals surface area contributed by atoms with Crippen LogP contribution in [0.4, 0.5) is 0 Å². The second kappa shape index (κ2) is 10.8. The molecule has 1 atom stereocenters. The van der Waals surface area contributed by atoms with Gasteiger partial charge in [0.2, 0.25) is 5.75 Å². The molecular weight excluding hydrogens is 444 g/mol. The van der Waals surface area contributed by atoms with Crippen molar-refractivity contribution in [2.75, 3.05) is 7.11 Å². The van der Waals surface area contributed by atoms with E-state index in [1.54, 1.807) is 43.5 Å². The largest absolute Gasteiger partial charge is 0.508 e. The molecule has 4 aromatic rings. The van der Waals surface area contributed by atoms with Crippen LogP contribution >= 0.6 is 0 Å². The van der Waals surface area contributed by atoms with Gasteiger partial charge in [-0.1, -0.05) is 36.4 Å². The highest BCUT2D eigenvalue weighted by Gasteiger charge is 2.18.